The lowest BCUT2D eigenvalue weighted by Gasteiger charge is -2.30. The molecule has 0 aliphatic rings. The Bertz CT molecular complexity index is 350. The van der Waals surface area contributed by atoms with Crippen molar-refractivity contribution in [1.82, 2.24) is 4.90 Å². The van der Waals surface area contributed by atoms with Gasteiger partial charge in [-0.25, -0.2) is 0 Å². The average Bonchev–Trinajstić information content (AvgIpc) is 2.32. The van der Waals surface area contributed by atoms with Crippen LogP contribution in [0.4, 0.5) is 0 Å². The van der Waals surface area contributed by atoms with Gasteiger partial charge in [-0.15, -0.1) is 0 Å². The number of aliphatic hydroxyl groups excluding tert-OH is 2. The van der Waals surface area contributed by atoms with Crippen LogP contribution < -0.4 is 0 Å². The van der Waals surface area contributed by atoms with Crippen molar-refractivity contribution < 1.29 is 15.3 Å². The number of hydrogen-bond donors (Lipinski definition) is 3. The summed E-state index contributed by atoms with van der Waals surface area (Å²) in [4.78, 5) is 1.97. The summed E-state index contributed by atoms with van der Waals surface area (Å²) in [5, 5.41) is 28.1. The summed E-state index contributed by atoms with van der Waals surface area (Å²) < 4.78 is 0. The highest BCUT2D eigenvalue weighted by atomic mass is 16.3. The molecule has 1 rings (SSSR count). The molecule has 0 aromatic heterocycles. The molecule has 0 aliphatic carbocycles. The van der Waals surface area contributed by atoms with Crippen LogP contribution in [0, 0.1) is 5.41 Å². The van der Waals surface area contributed by atoms with Gasteiger partial charge in [-0.1, -0.05) is 25.1 Å². The van der Waals surface area contributed by atoms with Gasteiger partial charge in [-0.3, -0.25) is 0 Å². The van der Waals surface area contributed by atoms with E-state index in [9.17, 15) is 15.3 Å². The van der Waals surface area contributed by atoms with Gasteiger partial charge in [0.2, 0.25) is 0 Å². The van der Waals surface area contributed by atoms with Gasteiger partial charge in [0.05, 0.1) is 13.2 Å². The normalized spacial score (nSPS) is 12.1. The molecule has 0 saturated heterocycles. The van der Waals surface area contributed by atoms with Crippen molar-refractivity contribution in [2.24, 2.45) is 5.41 Å². The first-order valence-corrected chi connectivity index (χ1v) is 5.68. The quantitative estimate of drug-likeness (QED) is 0.687. The van der Waals surface area contributed by atoms with E-state index < -0.39 is 5.41 Å². The lowest BCUT2D eigenvalue weighted by atomic mass is 9.92. The van der Waals surface area contributed by atoms with Crippen molar-refractivity contribution in [3.05, 3.63) is 29.8 Å². The van der Waals surface area contributed by atoms with Gasteiger partial charge in [0.1, 0.15) is 5.75 Å². The van der Waals surface area contributed by atoms with E-state index >= 15 is 0 Å². The Morgan fingerprint density at radius 2 is 1.76 bits per heavy atom. The fourth-order valence-electron chi connectivity index (χ4n) is 1.79. The molecule has 0 heterocycles. The minimum Gasteiger partial charge on any atom is -0.508 e. The Hall–Kier alpha value is -1.10. The largest absolute Gasteiger partial charge is 0.508 e. The van der Waals surface area contributed by atoms with Crippen molar-refractivity contribution in [1.29, 1.82) is 0 Å². The van der Waals surface area contributed by atoms with Crippen LogP contribution in [0.2, 0.25) is 0 Å². The molecule has 96 valence electrons. The first-order valence-electron chi connectivity index (χ1n) is 5.68. The lowest BCUT2D eigenvalue weighted by Crippen LogP contribution is -2.38. The molecule has 1 aromatic carbocycles. The predicted molar refractivity (Wildman–Crippen MR) is 66.7 cm³/mol. The smallest absolute Gasteiger partial charge is 0.120 e. The summed E-state index contributed by atoms with van der Waals surface area (Å²) in [7, 11) is 1.90. The maximum Gasteiger partial charge on any atom is 0.120 e. The second-order valence-corrected chi connectivity index (χ2v) is 4.93. The first kappa shape index (κ1) is 14.0. The highest BCUT2D eigenvalue weighted by Crippen LogP contribution is 2.20. The number of benzene rings is 1. The Morgan fingerprint density at radius 1 is 1.18 bits per heavy atom. The van der Waals surface area contributed by atoms with Crippen molar-refractivity contribution >= 4 is 0 Å². The standard InChI is InChI=1S/C13H21NO3/c1-13(9-15,10-16)8-14(2)7-11-5-3-4-6-12(11)17/h3-6,15-17H,7-10H2,1-2H3. The molecule has 0 atom stereocenters. The van der Waals surface area contributed by atoms with E-state index in [0.717, 1.165) is 5.56 Å². The van der Waals surface area contributed by atoms with Gasteiger partial charge < -0.3 is 20.2 Å². The van der Waals surface area contributed by atoms with Crippen LogP contribution in [0.25, 0.3) is 0 Å². The Labute approximate surface area is 102 Å². The van der Waals surface area contributed by atoms with Crippen molar-refractivity contribution in [3.63, 3.8) is 0 Å². The van der Waals surface area contributed by atoms with Crippen LogP contribution in [-0.2, 0) is 6.54 Å². The zero-order valence-electron chi connectivity index (χ0n) is 10.4. The lowest BCUT2D eigenvalue weighted by molar-refractivity contribution is 0.0400. The molecule has 3 N–H and O–H groups in total. The number of rotatable bonds is 6. The Kier molecular flexibility index (Phi) is 4.93. The van der Waals surface area contributed by atoms with E-state index in [4.69, 9.17) is 0 Å². The SMILES string of the molecule is CN(Cc1ccccc1O)CC(C)(CO)CO. The van der Waals surface area contributed by atoms with Crippen LogP contribution >= 0.6 is 0 Å². The molecule has 0 bridgehead atoms. The van der Waals surface area contributed by atoms with Gasteiger partial charge in [0.25, 0.3) is 0 Å². The van der Waals surface area contributed by atoms with Crippen LogP contribution in [-0.4, -0.2) is 47.0 Å². The number of nitrogens with zero attached hydrogens (tertiary/aromatic N) is 1. The van der Waals surface area contributed by atoms with Crippen molar-refractivity contribution in [2.75, 3.05) is 26.8 Å². The van der Waals surface area contributed by atoms with Gasteiger partial charge in [-0.05, 0) is 13.1 Å². The minimum atomic E-state index is -0.515. The second-order valence-electron chi connectivity index (χ2n) is 4.93. The van der Waals surface area contributed by atoms with Gasteiger partial charge >= 0.3 is 0 Å². The number of phenols is 1. The number of para-hydroxylation sites is 1. The summed E-state index contributed by atoms with van der Waals surface area (Å²) in [6.45, 7) is 2.86. The maximum absolute atomic E-state index is 9.65. The molecule has 4 heteroatoms. The predicted octanol–water partition coefficient (Wildman–Crippen LogP) is 0.815. The van der Waals surface area contributed by atoms with E-state index in [1.807, 2.05) is 31.0 Å². The number of hydrogen-bond acceptors (Lipinski definition) is 4. The third-order valence-corrected chi connectivity index (χ3v) is 2.85. The minimum absolute atomic E-state index is 0.0609. The maximum atomic E-state index is 9.65. The molecule has 0 saturated carbocycles. The summed E-state index contributed by atoms with van der Waals surface area (Å²) in [5.41, 5.74) is 0.326. The Balaban J connectivity index is 2.61. The molecule has 0 fully saturated rings. The second kappa shape index (κ2) is 6.00. The third kappa shape index (κ3) is 4.00. The zero-order valence-corrected chi connectivity index (χ0v) is 10.4. The van der Waals surface area contributed by atoms with E-state index in [1.165, 1.54) is 0 Å². The van der Waals surface area contributed by atoms with Gasteiger partial charge in [0, 0.05) is 24.1 Å². The molecule has 1 aromatic rings. The summed E-state index contributed by atoms with van der Waals surface area (Å²) in [5.74, 6) is 0.272. The zero-order chi connectivity index (χ0) is 12.9. The van der Waals surface area contributed by atoms with Gasteiger partial charge in [-0.2, -0.15) is 0 Å². The third-order valence-electron chi connectivity index (χ3n) is 2.85. The highest BCUT2D eigenvalue weighted by molar-refractivity contribution is 5.31. The monoisotopic (exact) mass is 239 g/mol. The number of phenolic OH excluding ortho intramolecular Hbond substituents is 1. The molecule has 0 spiro atoms. The van der Waals surface area contributed by atoms with E-state index in [2.05, 4.69) is 0 Å². The van der Waals surface area contributed by atoms with Crippen LogP contribution in [0.5, 0.6) is 5.75 Å². The molecular formula is C13H21NO3. The molecule has 0 aliphatic heterocycles. The van der Waals surface area contributed by atoms with E-state index in [0.29, 0.717) is 13.1 Å². The number of aromatic hydroxyl groups is 1. The fraction of sp³-hybridized carbons (Fsp3) is 0.538. The van der Waals surface area contributed by atoms with E-state index in [1.54, 1.807) is 12.1 Å². The molecule has 0 amide bonds. The Morgan fingerprint density at radius 3 is 2.29 bits per heavy atom. The molecule has 0 radical (unpaired) electrons. The topological polar surface area (TPSA) is 63.9 Å². The summed E-state index contributed by atoms with van der Waals surface area (Å²) in [6.07, 6.45) is 0. The first-order chi connectivity index (χ1) is 8.00. The molecule has 4 nitrogen and oxygen atoms in total. The highest BCUT2D eigenvalue weighted by Gasteiger charge is 2.24. The van der Waals surface area contributed by atoms with Crippen LogP contribution in [0.15, 0.2) is 24.3 Å². The summed E-state index contributed by atoms with van der Waals surface area (Å²) >= 11 is 0. The number of aliphatic hydroxyl groups is 2. The van der Waals surface area contributed by atoms with Crippen molar-refractivity contribution in [2.45, 2.75) is 13.5 Å². The average molecular weight is 239 g/mol. The molecule has 17 heavy (non-hydrogen) atoms. The van der Waals surface area contributed by atoms with Gasteiger partial charge in [0.15, 0.2) is 0 Å². The van der Waals surface area contributed by atoms with Crippen LogP contribution in [0.3, 0.4) is 0 Å². The fourth-order valence-corrected chi connectivity index (χ4v) is 1.79. The summed E-state index contributed by atoms with van der Waals surface area (Å²) in [6, 6.07) is 7.17. The van der Waals surface area contributed by atoms with Crippen LogP contribution in [0.1, 0.15) is 12.5 Å². The molecular weight excluding hydrogens is 218 g/mol. The van der Waals surface area contributed by atoms with Crippen molar-refractivity contribution in [3.8, 4) is 5.75 Å². The molecule has 0 unspecified atom stereocenters. The van der Waals surface area contributed by atoms with E-state index in [-0.39, 0.29) is 19.0 Å².